The van der Waals surface area contributed by atoms with E-state index in [1.165, 1.54) is 6.08 Å². The Balaban J connectivity index is 2.26. The zero-order chi connectivity index (χ0) is 12.2. The molecule has 0 saturated heterocycles. The lowest BCUT2D eigenvalue weighted by molar-refractivity contribution is -0.104. The number of furan rings is 1. The molecule has 17 heavy (non-hydrogen) atoms. The highest BCUT2D eigenvalue weighted by Gasteiger charge is 1.83. The average Bonchev–Trinajstić information content (AvgIpc) is 2.85. The van der Waals surface area contributed by atoms with Crippen molar-refractivity contribution in [3.63, 3.8) is 0 Å². The first-order valence-electron chi connectivity index (χ1n) is 5.25. The summed E-state index contributed by atoms with van der Waals surface area (Å²) in [5.74, 6) is 0.831. The minimum absolute atomic E-state index is 0.743. The third kappa shape index (κ3) is 6.68. The SMILES string of the molecule is O=C/C=C/C=C/C=C/C=C/C=C\c1ccco1. The summed E-state index contributed by atoms with van der Waals surface area (Å²) in [7, 11) is 0. The molecule has 0 saturated carbocycles. The van der Waals surface area contributed by atoms with Crippen molar-refractivity contribution in [2.24, 2.45) is 0 Å². The summed E-state index contributed by atoms with van der Waals surface area (Å²) in [6.45, 7) is 0. The number of carbonyl (C=O) groups excluding carboxylic acids is 1. The number of hydrogen-bond donors (Lipinski definition) is 0. The third-order valence-corrected chi connectivity index (χ3v) is 1.77. The van der Waals surface area contributed by atoms with Gasteiger partial charge in [0.1, 0.15) is 12.0 Å². The second kappa shape index (κ2) is 8.92. The van der Waals surface area contributed by atoms with E-state index in [0.29, 0.717) is 0 Å². The van der Waals surface area contributed by atoms with Crippen LogP contribution in [0.4, 0.5) is 0 Å². The molecule has 0 atom stereocenters. The van der Waals surface area contributed by atoms with E-state index in [-0.39, 0.29) is 0 Å². The monoisotopic (exact) mass is 226 g/mol. The molecule has 0 amide bonds. The van der Waals surface area contributed by atoms with Crippen LogP contribution in [0.15, 0.2) is 77.5 Å². The van der Waals surface area contributed by atoms with Crippen LogP contribution in [0.2, 0.25) is 0 Å². The molecule has 0 aliphatic carbocycles. The Hall–Kier alpha value is -2.35. The molecule has 0 fully saturated rings. The fourth-order valence-corrected chi connectivity index (χ4v) is 1.03. The molecule has 0 aromatic carbocycles. The Bertz CT molecular complexity index is 443. The molecule has 0 N–H and O–H groups in total. The van der Waals surface area contributed by atoms with E-state index in [4.69, 9.17) is 4.42 Å². The average molecular weight is 226 g/mol. The highest BCUT2D eigenvalue weighted by Crippen LogP contribution is 2.01. The van der Waals surface area contributed by atoms with Gasteiger partial charge < -0.3 is 4.42 Å². The minimum atomic E-state index is 0.743. The van der Waals surface area contributed by atoms with Gasteiger partial charge in [0.15, 0.2) is 0 Å². The topological polar surface area (TPSA) is 30.2 Å². The van der Waals surface area contributed by atoms with Gasteiger partial charge in [-0.05, 0) is 24.3 Å². The van der Waals surface area contributed by atoms with Crippen molar-refractivity contribution < 1.29 is 9.21 Å². The molecule has 0 radical (unpaired) electrons. The van der Waals surface area contributed by atoms with Gasteiger partial charge in [0.05, 0.1) is 6.26 Å². The quantitative estimate of drug-likeness (QED) is 0.420. The maximum Gasteiger partial charge on any atom is 0.142 e. The van der Waals surface area contributed by atoms with E-state index >= 15 is 0 Å². The van der Waals surface area contributed by atoms with Crippen LogP contribution in [0.25, 0.3) is 6.08 Å². The van der Waals surface area contributed by atoms with Crippen molar-refractivity contribution in [1.82, 2.24) is 0 Å². The molecule has 2 nitrogen and oxygen atoms in total. The van der Waals surface area contributed by atoms with Crippen LogP contribution in [-0.4, -0.2) is 6.29 Å². The highest BCUT2D eigenvalue weighted by molar-refractivity contribution is 5.65. The summed E-state index contributed by atoms with van der Waals surface area (Å²) in [6, 6.07) is 3.74. The van der Waals surface area contributed by atoms with Gasteiger partial charge >= 0.3 is 0 Å². The Morgan fingerprint density at radius 1 is 0.824 bits per heavy atom. The first kappa shape index (κ1) is 12.7. The van der Waals surface area contributed by atoms with Crippen molar-refractivity contribution in [3.8, 4) is 0 Å². The summed E-state index contributed by atoms with van der Waals surface area (Å²) in [6.07, 6.45) is 20.5. The Kier molecular flexibility index (Phi) is 6.67. The molecule has 1 aromatic rings. The third-order valence-electron chi connectivity index (χ3n) is 1.77. The van der Waals surface area contributed by atoms with E-state index in [0.717, 1.165) is 12.0 Å². The molecule has 1 rings (SSSR count). The van der Waals surface area contributed by atoms with Crippen LogP contribution < -0.4 is 0 Å². The summed E-state index contributed by atoms with van der Waals surface area (Å²) in [5.41, 5.74) is 0. The molecule has 0 bridgehead atoms. The van der Waals surface area contributed by atoms with Gasteiger partial charge in [-0.2, -0.15) is 0 Å². The summed E-state index contributed by atoms with van der Waals surface area (Å²) >= 11 is 0. The molecule has 0 unspecified atom stereocenters. The molecule has 0 aliphatic heterocycles. The smallest absolute Gasteiger partial charge is 0.142 e. The number of allylic oxidation sites excluding steroid dienone is 9. The second-order valence-electron chi connectivity index (χ2n) is 3.05. The maximum absolute atomic E-state index is 9.94. The predicted octanol–water partition coefficient (Wildman–Crippen LogP) is 3.72. The van der Waals surface area contributed by atoms with Crippen LogP contribution in [0.3, 0.4) is 0 Å². The maximum atomic E-state index is 9.94. The van der Waals surface area contributed by atoms with Crippen LogP contribution in [0, 0.1) is 0 Å². The van der Waals surface area contributed by atoms with E-state index < -0.39 is 0 Å². The van der Waals surface area contributed by atoms with Crippen LogP contribution >= 0.6 is 0 Å². The number of carbonyl (C=O) groups is 1. The second-order valence-corrected chi connectivity index (χ2v) is 3.05. The van der Waals surface area contributed by atoms with E-state index in [9.17, 15) is 4.79 Å². The van der Waals surface area contributed by atoms with Crippen molar-refractivity contribution in [3.05, 3.63) is 78.8 Å². The molecular weight excluding hydrogens is 212 g/mol. The number of aldehydes is 1. The van der Waals surface area contributed by atoms with Gasteiger partial charge in [-0.3, -0.25) is 4.79 Å². The lowest BCUT2D eigenvalue weighted by atomic mass is 10.3. The first-order chi connectivity index (χ1) is 8.43. The van der Waals surface area contributed by atoms with Crippen LogP contribution in [-0.2, 0) is 4.79 Å². The van der Waals surface area contributed by atoms with Crippen molar-refractivity contribution in [2.75, 3.05) is 0 Å². The highest BCUT2D eigenvalue weighted by atomic mass is 16.3. The zero-order valence-corrected chi connectivity index (χ0v) is 9.40. The Morgan fingerprint density at radius 2 is 1.41 bits per heavy atom. The summed E-state index contributed by atoms with van der Waals surface area (Å²) in [4.78, 5) is 9.94. The van der Waals surface area contributed by atoms with E-state index in [1.807, 2.05) is 54.7 Å². The standard InChI is InChI=1S/C15H14O2/c16-13-9-7-5-3-1-2-4-6-8-11-15-12-10-14-17-15/h1-14H/b2-1+,5-3+,6-4+,9-7+,11-8-. The Labute approximate surface area is 101 Å². The zero-order valence-electron chi connectivity index (χ0n) is 9.40. The molecule has 2 heteroatoms. The molecule has 1 aromatic heterocycles. The predicted molar refractivity (Wildman–Crippen MR) is 70.4 cm³/mol. The van der Waals surface area contributed by atoms with Gasteiger partial charge in [-0.15, -0.1) is 0 Å². The minimum Gasteiger partial charge on any atom is -0.465 e. The van der Waals surface area contributed by atoms with E-state index in [1.54, 1.807) is 18.4 Å². The van der Waals surface area contributed by atoms with Gasteiger partial charge in [0.25, 0.3) is 0 Å². The lowest BCUT2D eigenvalue weighted by Crippen LogP contribution is -1.58. The molecule has 86 valence electrons. The summed E-state index contributed by atoms with van der Waals surface area (Å²) < 4.78 is 5.13. The molecule has 0 spiro atoms. The molecule has 0 aliphatic rings. The van der Waals surface area contributed by atoms with Gasteiger partial charge in [0, 0.05) is 0 Å². The van der Waals surface area contributed by atoms with Crippen molar-refractivity contribution >= 4 is 12.4 Å². The van der Waals surface area contributed by atoms with Crippen molar-refractivity contribution in [2.45, 2.75) is 0 Å². The fourth-order valence-electron chi connectivity index (χ4n) is 1.03. The number of hydrogen-bond acceptors (Lipinski definition) is 2. The number of rotatable bonds is 6. The van der Waals surface area contributed by atoms with Crippen LogP contribution in [0.1, 0.15) is 5.76 Å². The van der Waals surface area contributed by atoms with Gasteiger partial charge in [-0.1, -0.05) is 48.6 Å². The normalized spacial score (nSPS) is 12.9. The first-order valence-corrected chi connectivity index (χ1v) is 5.25. The van der Waals surface area contributed by atoms with Crippen LogP contribution in [0.5, 0.6) is 0 Å². The lowest BCUT2D eigenvalue weighted by Gasteiger charge is -1.79. The van der Waals surface area contributed by atoms with Crippen molar-refractivity contribution in [1.29, 1.82) is 0 Å². The van der Waals surface area contributed by atoms with Gasteiger partial charge in [0.2, 0.25) is 0 Å². The Morgan fingerprint density at radius 3 is 1.94 bits per heavy atom. The van der Waals surface area contributed by atoms with Gasteiger partial charge in [-0.25, -0.2) is 0 Å². The summed E-state index contributed by atoms with van der Waals surface area (Å²) in [5, 5.41) is 0. The van der Waals surface area contributed by atoms with E-state index in [2.05, 4.69) is 0 Å². The molecule has 1 heterocycles. The fraction of sp³-hybridized carbons (Fsp3) is 0. The largest absolute Gasteiger partial charge is 0.465 e. The molecular formula is C15H14O2.